The molecule has 0 spiro atoms. The molecule has 2 aromatic heterocycles. The summed E-state index contributed by atoms with van der Waals surface area (Å²) in [5, 5.41) is 5.84. The van der Waals surface area contributed by atoms with Gasteiger partial charge in [-0.2, -0.15) is 0 Å². The minimum atomic E-state index is 0.427. The monoisotopic (exact) mass is 258 g/mol. The minimum absolute atomic E-state index is 0.427. The Morgan fingerprint density at radius 1 is 1.44 bits per heavy atom. The molecule has 2 nitrogen and oxygen atoms in total. The third-order valence-corrected chi connectivity index (χ3v) is 4.70. The first kappa shape index (κ1) is 11.9. The van der Waals surface area contributed by atoms with Crippen LogP contribution in [0.3, 0.4) is 0 Å². The number of aromatic nitrogens is 1. The van der Waals surface area contributed by atoms with E-state index in [0.29, 0.717) is 6.04 Å². The van der Waals surface area contributed by atoms with E-state index >= 15 is 0 Å². The van der Waals surface area contributed by atoms with Gasteiger partial charge in [0.05, 0.1) is 11.7 Å². The van der Waals surface area contributed by atoms with Crippen LogP contribution in [0, 0.1) is 6.92 Å². The quantitative estimate of drug-likeness (QED) is 0.909. The fraction of sp³-hybridized carbons (Fsp3) is 0.400. The maximum Gasteiger partial charge on any atom is 0.0605 e. The Labute approximate surface area is 112 Å². The van der Waals surface area contributed by atoms with Crippen LogP contribution in [0.15, 0.2) is 29.8 Å². The molecule has 0 fully saturated rings. The maximum absolute atomic E-state index is 4.56. The standard InChI is InChI=1S/C15H18N2S/c1-11-7-9-18-14(11)10-17-13-6-2-4-12-5-3-8-16-15(12)13/h3,5,7-9,13,17H,2,4,6,10H2,1H3. The molecule has 3 rings (SSSR count). The van der Waals surface area contributed by atoms with Gasteiger partial charge in [-0.1, -0.05) is 6.07 Å². The molecule has 1 unspecified atom stereocenters. The average Bonchev–Trinajstić information content (AvgIpc) is 2.82. The summed E-state index contributed by atoms with van der Waals surface area (Å²) in [5.41, 5.74) is 4.08. The molecule has 2 heterocycles. The Hall–Kier alpha value is -1.19. The van der Waals surface area contributed by atoms with Crippen LogP contribution in [0.5, 0.6) is 0 Å². The smallest absolute Gasteiger partial charge is 0.0605 e. The van der Waals surface area contributed by atoms with Gasteiger partial charge in [-0.3, -0.25) is 4.98 Å². The first-order chi connectivity index (χ1) is 8.84. The van der Waals surface area contributed by atoms with Gasteiger partial charge in [0.1, 0.15) is 0 Å². The summed E-state index contributed by atoms with van der Waals surface area (Å²) in [7, 11) is 0. The highest BCUT2D eigenvalue weighted by Crippen LogP contribution is 2.28. The number of hydrogen-bond acceptors (Lipinski definition) is 3. The Morgan fingerprint density at radius 3 is 3.22 bits per heavy atom. The molecular weight excluding hydrogens is 240 g/mol. The molecule has 0 radical (unpaired) electrons. The number of nitrogens with one attached hydrogen (secondary N) is 1. The molecule has 0 saturated carbocycles. The molecule has 94 valence electrons. The molecule has 0 amide bonds. The lowest BCUT2D eigenvalue weighted by Gasteiger charge is -2.25. The van der Waals surface area contributed by atoms with Crippen LogP contribution in [0.2, 0.25) is 0 Å². The van der Waals surface area contributed by atoms with Crippen molar-refractivity contribution in [1.29, 1.82) is 0 Å². The van der Waals surface area contributed by atoms with E-state index in [1.165, 1.54) is 41.0 Å². The number of aryl methyl sites for hydroxylation is 2. The van der Waals surface area contributed by atoms with Gasteiger partial charge < -0.3 is 5.32 Å². The fourth-order valence-corrected chi connectivity index (χ4v) is 3.47. The van der Waals surface area contributed by atoms with E-state index < -0.39 is 0 Å². The molecule has 1 N–H and O–H groups in total. The molecular formula is C15H18N2S. The number of thiophene rings is 1. The highest BCUT2D eigenvalue weighted by atomic mass is 32.1. The predicted molar refractivity (Wildman–Crippen MR) is 75.8 cm³/mol. The zero-order valence-corrected chi connectivity index (χ0v) is 11.5. The van der Waals surface area contributed by atoms with E-state index in [1.807, 2.05) is 23.6 Å². The summed E-state index contributed by atoms with van der Waals surface area (Å²) in [5.74, 6) is 0. The topological polar surface area (TPSA) is 24.9 Å². The second kappa shape index (κ2) is 5.21. The first-order valence-corrected chi connectivity index (χ1v) is 7.42. The van der Waals surface area contributed by atoms with Gasteiger partial charge in [0.15, 0.2) is 0 Å². The summed E-state index contributed by atoms with van der Waals surface area (Å²) in [6.45, 7) is 3.14. The Bertz CT molecular complexity index is 533. The van der Waals surface area contributed by atoms with Crippen LogP contribution in [0.25, 0.3) is 0 Å². The third-order valence-electron chi connectivity index (χ3n) is 3.67. The van der Waals surface area contributed by atoms with Crippen molar-refractivity contribution >= 4 is 11.3 Å². The van der Waals surface area contributed by atoms with Crippen LogP contribution in [0.1, 0.15) is 40.6 Å². The second-order valence-corrected chi connectivity index (χ2v) is 5.90. The summed E-state index contributed by atoms with van der Waals surface area (Å²) in [6, 6.07) is 6.88. The maximum atomic E-state index is 4.56. The van der Waals surface area contributed by atoms with Gasteiger partial charge in [0.2, 0.25) is 0 Å². The second-order valence-electron chi connectivity index (χ2n) is 4.90. The van der Waals surface area contributed by atoms with Crippen molar-refractivity contribution in [2.45, 2.75) is 38.8 Å². The molecule has 1 aliphatic rings. The van der Waals surface area contributed by atoms with Gasteiger partial charge in [0, 0.05) is 17.6 Å². The number of hydrogen-bond donors (Lipinski definition) is 1. The van der Waals surface area contributed by atoms with Crippen molar-refractivity contribution in [3.63, 3.8) is 0 Å². The third kappa shape index (κ3) is 2.33. The van der Waals surface area contributed by atoms with E-state index in [9.17, 15) is 0 Å². The van der Waals surface area contributed by atoms with Gasteiger partial charge in [-0.05, 0) is 54.8 Å². The lowest BCUT2D eigenvalue weighted by Crippen LogP contribution is -2.25. The zero-order chi connectivity index (χ0) is 12.4. The zero-order valence-electron chi connectivity index (χ0n) is 10.6. The SMILES string of the molecule is Cc1ccsc1CNC1CCCc2cccnc21. The molecule has 3 heteroatoms. The molecule has 18 heavy (non-hydrogen) atoms. The van der Waals surface area contributed by atoms with Gasteiger partial charge in [-0.25, -0.2) is 0 Å². The van der Waals surface area contributed by atoms with Crippen molar-refractivity contribution < 1.29 is 0 Å². The van der Waals surface area contributed by atoms with E-state index in [0.717, 1.165) is 6.54 Å². The molecule has 2 aromatic rings. The summed E-state index contributed by atoms with van der Waals surface area (Å²) in [6.07, 6.45) is 5.56. The molecule has 0 saturated heterocycles. The first-order valence-electron chi connectivity index (χ1n) is 6.55. The lowest BCUT2D eigenvalue weighted by molar-refractivity contribution is 0.449. The summed E-state index contributed by atoms with van der Waals surface area (Å²) in [4.78, 5) is 6.01. The molecule has 1 aliphatic carbocycles. The van der Waals surface area contributed by atoms with Crippen molar-refractivity contribution in [1.82, 2.24) is 10.3 Å². The normalized spacial score (nSPS) is 18.6. The summed E-state index contributed by atoms with van der Waals surface area (Å²) < 4.78 is 0. The number of nitrogens with zero attached hydrogens (tertiary/aromatic N) is 1. The van der Waals surface area contributed by atoms with Crippen LogP contribution in [-0.2, 0) is 13.0 Å². The van der Waals surface area contributed by atoms with Crippen LogP contribution in [0.4, 0.5) is 0 Å². The minimum Gasteiger partial charge on any atom is -0.304 e. The van der Waals surface area contributed by atoms with Gasteiger partial charge >= 0.3 is 0 Å². The summed E-state index contributed by atoms with van der Waals surface area (Å²) >= 11 is 1.84. The van der Waals surface area contributed by atoms with Crippen molar-refractivity contribution in [3.8, 4) is 0 Å². The van der Waals surface area contributed by atoms with Crippen molar-refractivity contribution in [2.24, 2.45) is 0 Å². The molecule has 1 atom stereocenters. The number of pyridine rings is 1. The van der Waals surface area contributed by atoms with E-state index in [4.69, 9.17) is 0 Å². The Balaban J connectivity index is 1.73. The van der Waals surface area contributed by atoms with E-state index in [2.05, 4.69) is 34.7 Å². The molecule has 0 bridgehead atoms. The Kier molecular flexibility index (Phi) is 3.43. The van der Waals surface area contributed by atoms with Crippen LogP contribution < -0.4 is 5.32 Å². The Morgan fingerprint density at radius 2 is 2.39 bits per heavy atom. The number of rotatable bonds is 3. The average molecular weight is 258 g/mol. The van der Waals surface area contributed by atoms with E-state index in [-0.39, 0.29) is 0 Å². The fourth-order valence-electron chi connectivity index (χ4n) is 2.61. The number of fused-ring (bicyclic) bond motifs is 1. The van der Waals surface area contributed by atoms with E-state index in [1.54, 1.807) is 0 Å². The van der Waals surface area contributed by atoms with Gasteiger partial charge in [-0.15, -0.1) is 11.3 Å². The molecule has 0 aliphatic heterocycles. The predicted octanol–water partition coefficient (Wildman–Crippen LogP) is 3.62. The highest BCUT2D eigenvalue weighted by molar-refractivity contribution is 7.10. The van der Waals surface area contributed by atoms with Gasteiger partial charge in [0.25, 0.3) is 0 Å². The largest absolute Gasteiger partial charge is 0.304 e. The highest BCUT2D eigenvalue weighted by Gasteiger charge is 2.20. The van der Waals surface area contributed by atoms with Crippen molar-refractivity contribution in [3.05, 3.63) is 51.5 Å². The lowest BCUT2D eigenvalue weighted by atomic mass is 9.92. The van der Waals surface area contributed by atoms with Crippen molar-refractivity contribution in [2.75, 3.05) is 0 Å². The molecule has 0 aromatic carbocycles. The van der Waals surface area contributed by atoms with Crippen LogP contribution in [-0.4, -0.2) is 4.98 Å². The van der Waals surface area contributed by atoms with Crippen LogP contribution >= 0.6 is 11.3 Å².